The molecular formula is C13H22N2O. The predicted molar refractivity (Wildman–Crippen MR) is 66.6 cm³/mol. The number of rotatable bonds is 7. The highest BCUT2D eigenvalue weighted by Crippen LogP contribution is 2.13. The first-order valence-electron chi connectivity index (χ1n) is 5.99. The van der Waals surface area contributed by atoms with Crippen molar-refractivity contribution >= 4 is 0 Å². The van der Waals surface area contributed by atoms with Crippen LogP contribution in [0.4, 0.5) is 0 Å². The summed E-state index contributed by atoms with van der Waals surface area (Å²) >= 11 is 0. The summed E-state index contributed by atoms with van der Waals surface area (Å²) in [5.74, 6) is 0.720. The number of unbranched alkanes of at least 4 members (excludes halogenated alkanes) is 1. The van der Waals surface area contributed by atoms with E-state index >= 15 is 0 Å². The van der Waals surface area contributed by atoms with Crippen LogP contribution in [-0.4, -0.2) is 18.1 Å². The normalized spacial score (nSPS) is 12.4. The van der Waals surface area contributed by atoms with E-state index in [1.54, 1.807) is 13.3 Å². The first kappa shape index (κ1) is 13.0. The molecule has 0 aromatic carbocycles. The molecule has 1 N–H and O–H groups in total. The maximum Gasteiger partial charge on any atom is 0.217 e. The fourth-order valence-electron chi connectivity index (χ4n) is 1.64. The van der Waals surface area contributed by atoms with Crippen LogP contribution in [0.2, 0.25) is 0 Å². The zero-order valence-electron chi connectivity index (χ0n) is 10.5. The topological polar surface area (TPSA) is 34.2 Å². The summed E-state index contributed by atoms with van der Waals surface area (Å²) in [4.78, 5) is 4.18. The van der Waals surface area contributed by atoms with Crippen LogP contribution in [0.15, 0.2) is 18.3 Å². The van der Waals surface area contributed by atoms with E-state index in [-0.39, 0.29) is 0 Å². The lowest BCUT2D eigenvalue weighted by Gasteiger charge is -2.14. The molecule has 0 radical (unpaired) electrons. The van der Waals surface area contributed by atoms with Crippen LogP contribution in [0.25, 0.3) is 0 Å². The molecule has 1 heterocycles. The number of ether oxygens (including phenoxy) is 1. The Hall–Kier alpha value is -1.09. The smallest absolute Gasteiger partial charge is 0.217 e. The van der Waals surface area contributed by atoms with Crippen molar-refractivity contribution in [2.24, 2.45) is 0 Å². The highest BCUT2D eigenvalue weighted by atomic mass is 16.5. The zero-order chi connectivity index (χ0) is 11.8. The van der Waals surface area contributed by atoms with Gasteiger partial charge in [0.15, 0.2) is 0 Å². The van der Waals surface area contributed by atoms with Crippen LogP contribution in [0.1, 0.15) is 38.7 Å². The third-order valence-corrected chi connectivity index (χ3v) is 2.67. The van der Waals surface area contributed by atoms with Gasteiger partial charge in [-0.2, -0.15) is 0 Å². The SMILES string of the molecule is CCCCC(C)NCc1cccnc1OC. The predicted octanol–water partition coefficient (Wildman–Crippen LogP) is 2.76. The molecule has 1 aromatic heterocycles. The van der Waals surface area contributed by atoms with Gasteiger partial charge < -0.3 is 10.1 Å². The van der Waals surface area contributed by atoms with Gasteiger partial charge in [-0.15, -0.1) is 0 Å². The van der Waals surface area contributed by atoms with Crippen LogP contribution < -0.4 is 10.1 Å². The third-order valence-electron chi connectivity index (χ3n) is 2.67. The minimum Gasteiger partial charge on any atom is -0.481 e. The molecule has 1 unspecified atom stereocenters. The molecule has 3 heteroatoms. The second-order valence-corrected chi connectivity index (χ2v) is 4.10. The molecule has 0 aliphatic heterocycles. The van der Waals surface area contributed by atoms with Crippen molar-refractivity contribution in [3.63, 3.8) is 0 Å². The number of methoxy groups -OCH3 is 1. The summed E-state index contributed by atoms with van der Waals surface area (Å²) in [6.45, 7) is 5.26. The van der Waals surface area contributed by atoms with Crippen LogP contribution in [0.5, 0.6) is 5.88 Å². The van der Waals surface area contributed by atoms with Crippen LogP contribution in [0, 0.1) is 0 Å². The van der Waals surface area contributed by atoms with Gasteiger partial charge >= 0.3 is 0 Å². The Labute approximate surface area is 98.2 Å². The van der Waals surface area contributed by atoms with Gasteiger partial charge in [-0.05, 0) is 19.4 Å². The van der Waals surface area contributed by atoms with E-state index in [4.69, 9.17) is 4.74 Å². The molecular weight excluding hydrogens is 200 g/mol. The summed E-state index contributed by atoms with van der Waals surface area (Å²) in [5, 5.41) is 3.49. The van der Waals surface area contributed by atoms with Gasteiger partial charge in [0.05, 0.1) is 7.11 Å². The summed E-state index contributed by atoms with van der Waals surface area (Å²) in [5.41, 5.74) is 1.12. The largest absolute Gasteiger partial charge is 0.481 e. The molecule has 0 aliphatic rings. The Morgan fingerprint density at radius 2 is 2.31 bits per heavy atom. The lowest BCUT2D eigenvalue weighted by Crippen LogP contribution is -2.25. The molecule has 90 valence electrons. The van der Waals surface area contributed by atoms with E-state index in [2.05, 4.69) is 24.1 Å². The van der Waals surface area contributed by atoms with Crippen LogP contribution in [-0.2, 0) is 6.54 Å². The van der Waals surface area contributed by atoms with E-state index in [1.165, 1.54) is 19.3 Å². The lowest BCUT2D eigenvalue weighted by atomic mass is 10.1. The first-order chi connectivity index (χ1) is 7.77. The summed E-state index contributed by atoms with van der Waals surface area (Å²) in [7, 11) is 1.66. The molecule has 16 heavy (non-hydrogen) atoms. The Morgan fingerprint density at radius 1 is 1.50 bits per heavy atom. The quantitative estimate of drug-likeness (QED) is 0.770. The van der Waals surface area contributed by atoms with Crippen molar-refractivity contribution < 1.29 is 4.74 Å². The number of aromatic nitrogens is 1. The Kier molecular flexibility index (Phi) is 5.86. The lowest BCUT2D eigenvalue weighted by molar-refractivity contribution is 0.387. The third kappa shape index (κ3) is 4.19. The second-order valence-electron chi connectivity index (χ2n) is 4.10. The molecule has 0 saturated heterocycles. The highest BCUT2D eigenvalue weighted by Gasteiger charge is 2.05. The molecule has 1 atom stereocenters. The minimum atomic E-state index is 0.546. The maximum atomic E-state index is 5.21. The van der Waals surface area contributed by atoms with Crippen molar-refractivity contribution in [3.05, 3.63) is 23.9 Å². The fraction of sp³-hybridized carbons (Fsp3) is 0.615. The van der Waals surface area contributed by atoms with Gasteiger partial charge in [0.25, 0.3) is 0 Å². The van der Waals surface area contributed by atoms with Gasteiger partial charge in [0, 0.05) is 24.3 Å². The van der Waals surface area contributed by atoms with E-state index in [0.29, 0.717) is 6.04 Å². The standard InChI is InChI=1S/C13H22N2O/c1-4-5-7-11(2)15-10-12-8-6-9-14-13(12)16-3/h6,8-9,11,15H,4-5,7,10H2,1-3H3. The van der Waals surface area contributed by atoms with Crippen molar-refractivity contribution in [2.75, 3.05) is 7.11 Å². The Morgan fingerprint density at radius 3 is 3.00 bits per heavy atom. The zero-order valence-corrected chi connectivity index (χ0v) is 10.5. The van der Waals surface area contributed by atoms with Crippen molar-refractivity contribution in [1.82, 2.24) is 10.3 Å². The molecule has 3 nitrogen and oxygen atoms in total. The monoisotopic (exact) mass is 222 g/mol. The number of hydrogen-bond acceptors (Lipinski definition) is 3. The first-order valence-corrected chi connectivity index (χ1v) is 5.99. The van der Waals surface area contributed by atoms with Gasteiger partial charge in [0.1, 0.15) is 0 Å². The van der Waals surface area contributed by atoms with Gasteiger partial charge in [0.2, 0.25) is 5.88 Å². The molecule has 1 aromatic rings. The Balaban J connectivity index is 2.41. The van der Waals surface area contributed by atoms with E-state index in [1.807, 2.05) is 12.1 Å². The fourth-order valence-corrected chi connectivity index (χ4v) is 1.64. The van der Waals surface area contributed by atoms with E-state index < -0.39 is 0 Å². The minimum absolute atomic E-state index is 0.546. The van der Waals surface area contributed by atoms with Gasteiger partial charge in [-0.1, -0.05) is 25.8 Å². The molecule has 0 aliphatic carbocycles. The summed E-state index contributed by atoms with van der Waals surface area (Å²) in [6.07, 6.45) is 5.50. The van der Waals surface area contributed by atoms with Crippen LogP contribution in [0.3, 0.4) is 0 Å². The van der Waals surface area contributed by atoms with Gasteiger partial charge in [-0.25, -0.2) is 4.98 Å². The number of nitrogens with one attached hydrogen (secondary N) is 1. The van der Waals surface area contributed by atoms with Gasteiger partial charge in [-0.3, -0.25) is 0 Å². The number of pyridine rings is 1. The summed E-state index contributed by atoms with van der Waals surface area (Å²) < 4.78 is 5.21. The number of nitrogens with zero attached hydrogens (tertiary/aromatic N) is 1. The van der Waals surface area contributed by atoms with E-state index in [9.17, 15) is 0 Å². The Bertz CT molecular complexity index is 302. The van der Waals surface area contributed by atoms with Crippen molar-refractivity contribution in [1.29, 1.82) is 0 Å². The van der Waals surface area contributed by atoms with Crippen LogP contribution >= 0.6 is 0 Å². The number of hydrogen-bond donors (Lipinski definition) is 1. The molecule has 0 saturated carbocycles. The average molecular weight is 222 g/mol. The molecule has 1 rings (SSSR count). The molecule has 0 bridgehead atoms. The van der Waals surface area contributed by atoms with E-state index in [0.717, 1.165) is 18.0 Å². The van der Waals surface area contributed by atoms with Crippen molar-refractivity contribution in [2.45, 2.75) is 45.7 Å². The molecule has 0 spiro atoms. The van der Waals surface area contributed by atoms with Crippen molar-refractivity contribution in [3.8, 4) is 5.88 Å². The highest BCUT2D eigenvalue weighted by molar-refractivity contribution is 5.25. The summed E-state index contributed by atoms with van der Waals surface area (Å²) in [6, 6.07) is 4.53. The molecule has 0 fully saturated rings. The second kappa shape index (κ2) is 7.23. The average Bonchev–Trinajstić information content (AvgIpc) is 2.34. The maximum absolute atomic E-state index is 5.21. The molecule has 0 amide bonds.